The molecule has 0 spiro atoms. The van der Waals surface area contributed by atoms with Crippen molar-refractivity contribution in [2.24, 2.45) is 0 Å². The van der Waals surface area contributed by atoms with Gasteiger partial charge in [-0.25, -0.2) is 0 Å². The summed E-state index contributed by atoms with van der Waals surface area (Å²) in [7, 11) is -12.0. The zero-order chi connectivity index (χ0) is 10.2. The first-order chi connectivity index (χ1) is 4.96. The molecule has 76 valence electrons. The van der Waals surface area contributed by atoms with Gasteiger partial charge in [-0.15, -0.1) is 0 Å². The van der Waals surface area contributed by atoms with E-state index < -0.39 is 25.9 Å². The van der Waals surface area contributed by atoms with E-state index in [1.807, 2.05) is 0 Å². The molecule has 0 aliphatic rings. The zero-order valence-electron chi connectivity index (χ0n) is 4.87. The maximum absolute atomic E-state index is 11.2. The van der Waals surface area contributed by atoms with Crippen molar-refractivity contribution in [2.45, 2.75) is 5.51 Å². The Morgan fingerprint density at radius 3 is 1.54 bits per heavy atom. The van der Waals surface area contributed by atoms with Gasteiger partial charge in [0.2, 0.25) is 3.74 Å². The second kappa shape index (κ2) is 4.33. The third kappa shape index (κ3) is 5.71. The van der Waals surface area contributed by atoms with E-state index in [1.54, 1.807) is 0 Å². The minimum absolute atomic E-state index is 0. The molecule has 0 saturated carbocycles. The average molecular weight is 240 g/mol. The summed E-state index contributed by atoms with van der Waals surface area (Å²) in [5.74, 6) is 0. The van der Waals surface area contributed by atoms with Gasteiger partial charge in [-0.05, 0) is 0 Å². The van der Waals surface area contributed by atoms with Gasteiger partial charge in [-0.2, -0.15) is 35.6 Å². The van der Waals surface area contributed by atoms with Gasteiger partial charge >= 0.3 is 34.5 Å². The second-order valence-corrected chi connectivity index (χ2v) is 3.97. The van der Waals surface area contributed by atoms with Crippen LogP contribution in [0.25, 0.3) is 0 Å². The third-order valence-electron chi connectivity index (χ3n) is 0.444. The standard InChI is InChI=1S/CClF3O6S.Li.H/c3-1(4,5)12(9,10)11-2(6,7)8;;. The second-order valence-electron chi connectivity index (χ2n) is 1.34. The van der Waals surface area contributed by atoms with Crippen LogP contribution in [0.1, 0.15) is 0 Å². The van der Waals surface area contributed by atoms with Gasteiger partial charge in [-0.1, -0.05) is 0 Å². The summed E-state index contributed by atoms with van der Waals surface area (Å²) in [6.45, 7) is 0. The Bertz CT molecular complexity index is 252. The van der Waals surface area contributed by atoms with Crippen LogP contribution in [0.2, 0.25) is 0 Å². The van der Waals surface area contributed by atoms with Crippen molar-refractivity contribution in [3.63, 3.8) is 0 Å². The van der Waals surface area contributed by atoms with Crippen LogP contribution >= 0.6 is 0 Å². The third-order valence-corrected chi connectivity index (χ3v) is 2.29. The molecule has 13 heavy (non-hydrogen) atoms. The van der Waals surface area contributed by atoms with Crippen molar-refractivity contribution < 1.29 is 49.5 Å². The van der Waals surface area contributed by atoms with E-state index >= 15 is 0 Å². The molecule has 12 heteroatoms. The van der Waals surface area contributed by atoms with Gasteiger partial charge in [0, 0.05) is 0 Å². The van der Waals surface area contributed by atoms with Crippen molar-refractivity contribution in [1.29, 1.82) is 0 Å². The Hall–Kier alpha value is 0.467. The van der Waals surface area contributed by atoms with Crippen molar-refractivity contribution in [3.05, 3.63) is 0 Å². The molecule has 0 aliphatic heterocycles. The molecule has 0 heterocycles. The number of alkyl halides is 3. The van der Waals surface area contributed by atoms with Crippen LogP contribution in [-0.2, 0) is 13.9 Å². The molecule has 6 nitrogen and oxygen atoms in total. The molecular weight excluding hydrogens is 239 g/mol. The molecular formula is CHClF3LiO6S. The summed E-state index contributed by atoms with van der Waals surface area (Å²) in [5.41, 5.74) is -5.93. The maximum atomic E-state index is 11.2. The van der Waals surface area contributed by atoms with Gasteiger partial charge in [0.05, 0.1) is 0 Å². The molecule has 0 N–H and O–H groups in total. The Morgan fingerprint density at radius 1 is 1.15 bits per heavy atom. The molecule has 0 atom stereocenters. The number of halogens is 4. The van der Waals surface area contributed by atoms with E-state index in [-0.39, 0.29) is 18.9 Å². The van der Waals surface area contributed by atoms with Crippen LogP contribution in [0.5, 0.6) is 0 Å². The van der Waals surface area contributed by atoms with E-state index in [0.717, 1.165) is 0 Å². The minimum atomic E-state index is -6.37. The summed E-state index contributed by atoms with van der Waals surface area (Å²) in [6, 6.07) is 0. The van der Waals surface area contributed by atoms with Gasteiger partial charge < -0.3 is 0 Å². The molecule has 0 fully saturated rings. The van der Waals surface area contributed by atoms with Crippen LogP contribution in [0.4, 0.5) is 13.2 Å². The van der Waals surface area contributed by atoms with Gasteiger partial charge in [0.15, 0.2) is 0 Å². The Balaban J connectivity index is 0. The molecule has 0 rings (SSSR count). The van der Waals surface area contributed by atoms with Crippen LogP contribution in [-0.4, -0.2) is 32.8 Å². The molecule has 0 aliphatic carbocycles. The van der Waals surface area contributed by atoms with Crippen LogP contribution in [0.3, 0.4) is 0 Å². The predicted molar refractivity (Wildman–Crippen MR) is 23.2 cm³/mol. The van der Waals surface area contributed by atoms with Gasteiger partial charge in [-0.3, -0.25) is 0 Å². The first kappa shape index (κ1) is 15.9. The molecule has 0 saturated heterocycles. The van der Waals surface area contributed by atoms with Gasteiger partial charge in [0.25, 0.3) is 0 Å². The fourth-order valence-corrected chi connectivity index (χ4v) is 1.24. The molecule has 0 aromatic rings. The van der Waals surface area contributed by atoms with Crippen LogP contribution in [0, 0.1) is 10.2 Å². The van der Waals surface area contributed by atoms with Gasteiger partial charge in [0.1, 0.15) is 10.2 Å². The van der Waals surface area contributed by atoms with Crippen LogP contribution < -0.4 is 14.0 Å². The Morgan fingerprint density at radius 2 is 1.46 bits per heavy atom. The predicted octanol–water partition coefficient (Wildman–Crippen LogP) is -3.90. The number of rotatable bonds is 2. The number of hydrogen-bond donors (Lipinski definition) is 0. The average Bonchev–Trinajstić information content (AvgIpc) is 1.52. The van der Waals surface area contributed by atoms with E-state index in [4.69, 9.17) is 0 Å². The van der Waals surface area contributed by atoms with Crippen molar-refractivity contribution in [3.8, 4) is 0 Å². The fraction of sp³-hybridized carbons (Fsp3) is 1.00. The number of hydrogen-bond acceptors (Lipinski definition) is 6. The fourth-order valence-electron chi connectivity index (χ4n) is 0.137. The van der Waals surface area contributed by atoms with E-state index in [2.05, 4.69) is 3.74 Å². The van der Waals surface area contributed by atoms with Crippen molar-refractivity contribution in [1.82, 2.24) is 0 Å². The Labute approximate surface area is 84.3 Å². The molecule has 0 amide bonds. The summed E-state index contributed by atoms with van der Waals surface area (Å²) < 4.78 is 83.6. The van der Waals surface area contributed by atoms with Crippen molar-refractivity contribution in [2.75, 3.05) is 0 Å². The normalized spacial score (nSPS) is 13.7. The van der Waals surface area contributed by atoms with E-state index in [0.29, 0.717) is 0 Å². The monoisotopic (exact) mass is 240 g/mol. The summed E-state index contributed by atoms with van der Waals surface area (Å²) >= 11 is 0. The summed E-state index contributed by atoms with van der Waals surface area (Å²) in [4.78, 5) is 0. The quantitative estimate of drug-likeness (QED) is 0.360. The molecule has 0 unspecified atom stereocenters. The van der Waals surface area contributed by atoms with Crippen LogP contribution in [0.15, 0.2) is 0 Å². The topological polar surface area (TPSA) is 113 Å². The molecule has 0 aromatic heterocycles. The van der Waals surface area contributed by atoms with E-state index in [9.17, 15) is 35.6 Å². The zero-order valence-corrected chi connectivity index (χ0v) is 6.44. The molecule has 0 radical (unpaired) electrons. The van der Waals surface area contributed by atoms with Crippen molar-refractivity contribution >= 4 is 29.0 Å². The first-order valence-corrected chi connectivity index (χ1v) is 4.53. The van der Waals surface area contributed by atoms with E-state index in [1.165, 1.54) is 0 Å². The molecule has 0 aromatic carbocycles. The SMILES string of the molecule is O=S(=O)(O[Cl+3]([O-])([O-])[O-])C(F)(F)F.[LiH]. The first-order valence-electron chi connectivity index (χ1n) is 1.89. The molecule has 0 bridgehead atoms. The summed E-state index contributed by atoms with van der Waals surface area (Å²) in [5, 5.41) is 0. The summed E-state index contributed by atoms with van der Waals surface area (Å²) in [6.07, 6.45) is 0. The Kier molecular flexibility index (Phi) is 5.30.